The van der Waals surface area contributed by atoms with Crippen LogP contribution in [-0.2, 0) is 13.2 Å². The van der Waals surface area contributed by atoms with Crippen LogP contribution in [0.1, 0.15) is 11.1 Å². The van der Waals surface area contributed by atoms with Crippen LogP contribution in [0, 0.1) is 11.6 Å². The Morgan fingerprint density at radius 1 is 0.773 bits per heavy atom. The second-order valence-corrected chi connectivity index (χ2v) is 4.52. The Kier molecular flexibility index (Phi) is 5.68. The Morgan fingerprint density at radius 3 is 1.86 bits per heavy atom. The third kappa shape index (κ3) is 4.16. The zero-order valence-electron chi connectivity index (χ0n) is 11.8. The molecule has 0 bridgehead atoms. The van der Waals surface area contributed by atoms with Gasteiger partial charge in [0.05, 0.1) is 13.2 Å². The van der Waals surface area contributed by atoms with Gasteiger partial charge in [-0.1, -0.05) is 0 Å². The van der Waals surface area contributed by atoms with E-state index in [1.165, 1.54) is 24.3 Å². The molecule has 2 aromatic rings. The summed E-state index contributed by atoms with van der Waals surface area (Å²) >= 11 is 0. The van der Waals surface area contributed by atoms with Gasteiger partial charge in [-0.25, -0.2) is 8.78 Å². The van der Waals surface area contributed by atoms with Crippen molar-refractivity contribution in [2.24, 2.45) is 0 Å². The molecule has 0 saturated heterocycles. The van der Waals surface area contributed by atoms with Crippen molar-refractivity contribution in [2.45, 2.75) is 13.2 Å². The van der Waals surface area contributed by atoms with Gasteiger partial charge in [0.25, 0.3) is 0 Å². The van der Waals surface area contributed by atoms with Gasteiger partial charge in [0, 0.05) is 11.1 Å². The predicted molar refractivity (Wildman–Crippen MR) is 75.6 cm³/mol. The van der Waals surface area contributed by atoms with Crippen LogP contribution in [0.3, 0.4) is 0 Å². The maximum absolute atomic E-state index is 13.3. The van der Waals surface area contributed by atoms with E-state index in [9.17, 15) is 19.0 Å². The van der Waals surface area contributed by atoms with Crippen LogP contribution >= 0.6 is 0 Å². The Morgan fingerprint density at radius 2 is 1.32 bits per heavy atom. The fourth-order valence-corrected chi connectivity index (χ4v) is 1.97. The van der Waals surface area contributed by atoms with E-state index >= 15 is 0 Å². The molecule has 0 aliphatic carbocycles. The molecule has 0 atom stereocenters. The summed E-state index contributed by atoms with van der Waals surface area (Å²) in [5, 5.41) is 18.5. The minimum atomic E-state index is -0.553. The second kappa shape index (κ2) is 7.72. The van der Waals surface area contributed by atoms with E-state index in [0.29, 0.717) is 5.75 Å². The van der Waals surface area contributed by atoms with Crippen molar-refractivity contribution in [2.75, 3.05) is 13.2 Å². The molecule has 0 heterocycles. The molecule has 0 aromatic heterocycles. The van der Waals surface area contributed by atoms with Gasteiger partial charge < -0.3 is 19.7 Å². The average molecular weight is 310 g/mol. The van der Waals surface area contributed by atoms with Gasteiger partial charge in [0.2, 0.25) is 0 Å². The maximum atomic E-state index is 13.3. The number of hydrogen-bond acceptors (Lipinski definition) is 4. The van der Waals surface area contributed by atoms with E-state index in [1.54, 1.807) is 0 Å². The number of rotatable bonds is 7. The van der Waals surface area contributed by atoms with Crippen LogP contribution in [0.25, 0.3) is 0 Å². The van der Waals surface area contributed by atoms with E-state index in [1.807, 2.05) is 0 Å². The molecule has 4 nitrogen and oxygen atoms in total. The summed E-state index contributed by atoms with van der Waals surface area (Å²) in [7, 11) is 0. The summed E-state index contributed by atoms with van der Waals surface area (Å²) in [5.74, 6) is -0.166. The van der Waals surface area contributed by atoms with Gasteiger partial charge in [0.15, 0.2) is 0 Å². The SMILES string of the molecule is OCc1cc(F)cc(CO)c1OCCOc1ccc(F)cc1. The third-order valence-corrected chi connectivity index (χ3v) is 2.96. The van der Waals surface area contributed by atoms with Crippen molar-refractivity contribution in [3.05, 3.63) is 59.2 Å². The summed E-state index contributed by atoms with van der Waals surface area (Å²) < 4.78 is 36.9. The van der Waals surface area contributed by atoms with Crippen molar-refractivity contribution in [3.8, 4) is 11.5 Å². The van der Waals surface area contributed by atoms with Crippen molar-refractivity contribution in [1.82, 2.24) is 0 Å². The quantitative estimate of drug-likeness (QED) is 0.771. The van der Waals surface area contributed by atoms with Crippen molar-refractivity contribution >= 4 is 0 Å². The smallest absolute Gasteiger partial charge is 0.130 e. The summed E-state index contributed by atoms with van der Waals surface area (Å²) in [6.07, 6.45) is 0. The van der Waals surface area contributed by atoms with Crippen molar-refractivity contribution in [3.63, 3.8) is 0 Å². The number of halogens is 2. The summed E-state index contributed by atoms with van der Waals surface area (Å²) in [4.78, 5) is 0. The second-order valence-electron chi connectivity index (χ2n) is 4.52. The number of ether oxygens (including phenoxy) is 2. The van der Waals surface area contributed by atoms with E-state index in [-0.39, 0.29) is 35.9 Å². The first-order valence-corrected chi connectivity index (χ1v) is 6.68. The van der Waals surface area contributed by atoms with Crippen molar-refractivity contribution in [1.29, 1.82) is 0 Å². The number of aliphatic hydroxyl groups excluding tert-OH is 2. The molecule has 2 rings (SSSR count). The minimum absolute atomic E-state index is 0.128. The first-order chi connectivity index (χ1) is 10.6. The molecule has 0 amide bonds. The van der Waals surface area contributed by atoms with Crippen LogP contribution in [0.4, 0.5) is 8.78 Å². The minimum Gasteiger partial charge on any atom is -0.490 e. The lowest BCUT2D eigenvalue weighted by molar-refractivity contribution is 0.202. The van der Waals surface area contributed by atoms with Crippen LogP contribution in [0.15, 0.2) is 36.4 Å². The molecule has 0 saturated carbocycles. The highest BCUT2D eigenvalue weighted by Crippen LogP contribution is 2.26. The van der Waals surface area contributed by atoms with Gasteiger partial charge in [-0.2, -0.15) is 0 Å². The Hall–Kier alpha value is -2.18. The molecule has 0 aliphatic heterocycles. The lowest BCUT2D eigenvalue weighted by atomic mass is 10.1. The zero-order valence-corrected chi connectivity index (χ0v) is 11.8. The average Bonchev–Trinajstić information content (AvgIpc) is 2.53. The molecular formula is C16H16F2O4. The Labute approximate surface area is 126 Å². The van der Waals surface area contributed by atoms with Crippen LogP contribution in [0.2, 0.25) is 0 Å². The number of benzene rings is 2. The summed E-state index contributed by atoms with van der Waals surface area (Å²) in [6.45, 7) is -0.500. The molecule has 6 heteroatoms. The van der Waals surface area contributed by atoms with Gasteiger partial charge in [-0.15, -0.1) is 0 Å². The van der Waals surface area contributed by atoms with Crippen LogP contribution in [0.5, 0.6) is 11.5 Å². The van der Waals surface area contributed by atoms with Gasteiger partial charge >= 0.3 is 0 Å². The molecule has 22 heavy (non-hydrogen) atoms. The lowest BCUT2D eigenvalue weighted by Crippen LogP contribution is -2.11. The van der Waals surface area contributed by atoms with Crippen LogP contribution in [-0.4, -0.2) is 23.4 Å². The largest absolute Gasteiger partial charge is 0.490 e. The Balaban J connectivity index is 1.95. The molecule has 0 spiro atoms. The molecule has 0 radical (unpaired) electrons. The highest BCUT2D eigenvalue weighted by atomic mass is 19.1. The molecular weight excluding hydrogens is 294 g/mol. The molecule has 0 unspecified atom stereocenters. The van der Waals surface area contributed by atoms with Crippen LogP contribution < -0.4 is 9.47 Å². The van der Waals surface area contributed by atoms with Gasteiger partial charge in [-0.3, -0.25) is 0 Å². The number of hydrogen-bond donors (Lipinski definition) is 2. The standard InChI is InChI=1S/C16H16F2O4/c17-13-1-3-15(4-2-13)21-5-6-22-16-11(9-19)7-14(18)8-12(16)10-20/h1-4,7-8,19-20H,5-6,9-10H2. The number of aliphatic hydroxyl groups is 2. The van der Waals surface area contributed by atoms with Crippen molar-refractivity contribution < 1.29 is 28.5 Å². The maximum Gasteiger partial charge on any atom is 0.130 e. The fourth-order valence-electron chi connectivity index (χ4n) is 1.97. The first-order valence-electron chi connectivity index (χ1n) is 6.68. The highest BCUT2D eigenvalue weighted by molar-refractivity contribution is 5.41. The van der Waals surface area contributed by atoms with E-state index in [4.69, 9.17) is 9.47 Å². The highest BCUT2D eigenvalue weighted by Gasteiger charge is 2.11. The molecule has 2 N–H and O–H groups in total. The summed E-state index contributed by atoms with van der Waals surface area (Å²) in [6, 6.07) is 7.84. The summed E-state index contributed by atoms with van der Waals surface area (Å²) in [5.41, 5.74) is 0.511. The zero-order chi connectivity index (χ0) is 15.9. The molecule has 0 aliphatic rings. The molecule has 2 aromatic carbocycles. The molecule has 0 fully saturated rings. The fraction of sp³-hybridized carbons (Fsp3) is 0.250. The molecule has 118 valence electrons. The van der Waals surface area contributed by atoms with E-state index in [2.05, 4.69) is 0 Å². The Bertz CT molecular complexity index is 589. The monoisotopic (exact) mass is 310 g/mol. The lowest BCUT2D eigenvalue weighted by Gasteiger charge is -2.14. The van der Waals surface area contributed by atoms with E-state index in [0.717, 1.165) is 12.1 Å². The van der Waals surface area contributed by atoms with Gasteiger partial charge in [-0.05, 0) is 36.4 Å². The van der Waals surface area contributed by atoms with Gasteiger partial charge in [0.1, 0.15) is 36.3 Å². The van der Waals surface area contributed by atoms with E-state index < -0.39 is 19.0 Å². The third-order valence-electron chi connectivity index (χ3n) is 2.96. The normalized spacial score (nSPS) is 10.5. The first kappa shape index (κ1) is 16.2. The topological polar surface area (TPSA) is 58.9 Å². The predicted octanol–water partition coefficient (Wildman–Crippen LogP) is 2.41.